The average Bonchev–Trinajstić information content (AvgIpc) is 3.13. The van der Waals surface area contributed by atoms with Crippen molar-refractivity contribution >= 4 is 38.3 Å². The second kappa shape index (κ2) is 7.68. The van der Waals surface area contributed by atoms with Gasteiger partial charge in [-0.3, -0.25) is 0 Å². The van der Waals surface area contributed by atoms with Gasteiger partial charge in [0.2, 0.25) is 0 Å². The summed E-state index contributed by atoms with van der Waals surface area (Å²) in [6, 6.07) is 6.25. The van der Waals surface area contributed by atoms with Gasteiger partial charge in [-0.2, -0.15) is 5.26 Å². The Morgan fingerprint density at radius 3 is 2.96 bits per heavy atom. The third-order valence-corrected chi connectivity index (χ3v) is 5.94. The number of hydrogen-bond acceptors (Lipinski definition) is 8. The van der Waals surface area contributed by atoms with Gasteiger partial charge in [-0.25, -0.2) is 19.9 Å². The Morgan fingerprint density at radius 1 is 1.32 bits per heavy atom. The van der Waals surface area contributed by atoms with Crippen molar-refractivity contribution in [1.29, 1.82) is 5.26 Å². The summed E-state index contributed by atoms with van der Waals surface area (Å²) in [5, 5.41) is 13.6. The maximum Gasteiger partial charge on any atom is 0.186 e. The molecule has 1 fully saturated rings. The Bertz CT molecular complexity index is 1040. The molecule has 0 spiro atoms. The highest BCUT2D eigenvalue weighted by atomic mass is 32.1. The molecular formula is C20H23N7S. The molecule has 144 valence electrons. The van der Waals surface area contributed by atoms with Crippen LogP contribution in [0, 0.1) is 24.2 Å². The van der Waals surface area contributed by atoms with E-state index in [1.165, 1.54) is 0 Å². The first kappa shape index (κ1) is 18.6. The highest BCUT2D eigenvalue weighted by molar-refractivity contribution is 7.22. The number of hydrogen-bond donors (Lipinski definition) is 1. The van der Waals surface area contributed by atoms with Gasteiger partial charge in [0.25, 0.3) is 0 Å². The normalized spacial score (nSPS) is 17.1. The minimum absolute atomic E-state index is 0.0786. The first-order valence-corrected chi connectivity index (χ1v) is 10.4. The van der Waals surface area contributed by atoms with Crippen molar-refractivity contribution < 1.29 is 0 Å². The zero-order valence-electron chi connectivity index (χ0n) is 16.3. The molecule has 0 amide bonds. The van der Waals surface area contributed by atoms with E-state index in [2.05, 4.69) is 45.1 Å². The molecule has 1 saturated heterocycles. The van der Waals surface area contributed by atoms with Gasteiger partial charge < -0.3 is 10.2 Å². The average molecular weight is 394 g/mol. The summed E-state index contributed by atoms with van der Waals surface area (Å²) in [6.07, 6.45) is 3.76. The Labute approximate surface area is 168 Å². The number of anilines is 3. The van der Waals surface area contributed by atoms with Gasteiger partial charge in [-0.15, -0.1) is 0 Å². The molecular weight excluding hydrogens is 370 g/mol. The Balaban J connectivity index is 1.66. The van der Waals surface area contributed by atoms with E-state index in [9.17, 15) is 5.26 Å². The van der Waals surface area contributed by atoms with Crippen molar-refractivity contribution in [1.82, 2.24) is 19.9 Å². The maximum absolute atomic E-state index is 9.26. The molecule has 1 atom stereocenters. The van der Waals surface area contributed by atoms with Crippen LogP contribution < -0.4 is 10.2 Å². The molecule has 4 heterocycles. The minimum Gasteiger partial charge on any atom is -0.347 e. The summed E-state index contributed by atoms with van der Waals surface area (Å²) in [7, 11) is 0. The molecule has 0 saturated carbocycles. The predicted octanol–water partition coefficient (Wildman–Crippen LogP) is 4.40. The van der Waals surface area contributed by atoms with Crippen LogP contribution in [-0.2, 0) is 0 Å². The summed E-state index contributed by atoms with van der Waals surface area (Å²) in [6.45, 7) is 7.83. The van der Waals surface area contributed by atoms with Gasteiger partial charge in [0.1, 0.15) is 11.6 Å². The van der Waals surface area contributed by atoms with Gasteiger partial charge in [0.05, 0.1) is 22.2 Å². The van der Waals surface area contributed by atoms with Crippen LogP contribution in [0.3, 0.4) is 0 Å². The van der Waals surface area contributed by atoms with Crippen LogP contribution in [0.25, 0.3) is 10.2 Å². The molecule has 7 nitrogen and oxygen atoms in total. The van der Waals surface area contributed by atoms with Crippen LogP contribution in [0.2, 0.25) is 0 Å². The Hall–Kier alpha value is -2.79. The fraction of sp³-hybridized carbons (Fsp3) is 0.450. The fourth-order valence-electron chi connectivity index (χ4n) is 3.36. The molecule has 1 N–H and O–H groups in total. The van der Waals surface area contributed by atoms with Crippen LogP contribution in [-0.4, -0.2) is 33.0 Å². The number of thiazole rings is 1. The molecule has 4 rings (SSSR count). The van der Waals surface area contributed by atoms with Crippen molar-refractivity contribution in [2.24, 2.45) is 5.92 Å². The van der Waals surface area contributed by atoms with Crippen LogP contribution in [0.5, 0.6) is 0 Å². The largest absolute Gasteiger partial charge is 0.347 e. The summed E-state index contributed by atoms with van der Waals surface area (Å²) in [5.41, 5.74) is 1.83. The molecule has 1 aliphatic rings. The van der Waals surface area contributed by atoms with E-state index in [1.807, 2.05) is 19.1 Å². The van der Waals surface area contributed by atoms with E-state index < -0.39 is 0 Å². The number of aromatic nitrogens is 4. The van der Waals surface area contributed by atoms with Crippen LogP contribution in [0.15, 0.2) is 18.3 Å². The number of rotatable bonds is 4. The standard InChI is InChI=1S/C20H23N7S/c1-12(2)18-23-13(3)9-16(25-18)26-19-17-15(6-7-22-19)24-20(28-17)27-8-4-5-14(10-21)11-27/h6-7,9,12,14H,4-5,8,11H2,1-3H3,(H,22,23,25,26). The molecule has 8 heteroatoms. The fourth-order valence-corrected chi connectivity index (χ4v) is 4.40. The molecule has 0 radical (unpaired) electrons. The molecule has 0 bridgehead atoms. The lowest BCUT2D eigenvalue weighted by atomic mass is 10.0. The SMILES string of the molecule is Cc1cc(Nc2nccc3nc(N4CCCC(C#N)C4)sc23)nc(C(C)C)n1. The topological polar surface area (TPSA) is 90.6 Å². The van der Waals surface area contributed by atoms with Gasteiger partial charge in [0, 0.05) is 37.0 Å². The third-order valence-electron chi connectivity index (χ3n) is 4.80. The Morgan fingerprint density at radius 2 is 2.18 bits per heavy atom. The van der Waals surface area contributed by atoms with Crippen LogP contribution in [0.4, 0.5) is 16.8 Å². The summed E-state index contributed by atoms with van der Waals surface area (Å²) < 4.78 is 0.999. The lowest BCUT2D eigenvalue weighted by molar-refractivity contribution is 0.493. The van der Waals surface area contributed by atoms with Crippen LogP contribution in [0.1, 0.15) is 44.1 Å². The van der Waals surface area contributed by atoms with Crippen molar-refractivity contribution in [3.63, 3.8) is 0 Å². The zero-order valence-corrected chi connectivity index (χ0v) is 17.1. The lowest BCUT2D eigenvalue weighted by Crippen LogP contribution is -2.34. The van der Waals surface area contributed by atoms with E-state index in [0.29, 0.717) is 0 Å². The van der Waals surface area contributed by atoms with E-state index in [-0.39, 0.29) is 11.8 Å². The number of fused-ring (bicyclic) bond motifs is 1. The van der Waals surface area contributed by atoms with Crippen molar-refractivity contribution in [2.45, 2.75) is 39.5 Å². The van der Waals surface area contributed by atoms with Crippen LogP contribution >= 0.6 is 11.3 Å². The Kier molecular flexibility index (Phi) is 5.09. The van der Waals surface area contributed by atoms with Crippen molar-refractivity contribution in [2.75, 3.05) is 23.3 Å². The summed E-state index contributed by atoms with van der Waals surface area (Å²) >= 11 is 1.61. The van der Waals surface area contributed by atoms with Gasteiger partial charge in [-0.1, -0.05) is 25.2 Å². The number of pyridine rings is 1. The number of aryl methyl sites for hydroxylation is 1. The molecule has 1 aliphatic heterocycles. The molecule has 1 unspecified atom stereocenters. The second-order valence-electron chi connectivity index (χ2n) is 7.45. The van der Waals surface area contributed by atoms with E-state index in [4.69, 9.17) is 4.98 Å². The molecule has 0 aromatic carbocycles. The third kappa shape index (κ3) is 3.76. The quantitative estimate of drug-likeness (QED) is 0.702. The second-order valence-corrected chi connectivity index (χ2v) is 8.43. The van der Waals surface area contributed by atoms with E-state index in [1.54, 1.807) is 17.5 Å². The van der Waals surface area contributed by atoms with Crippen molar-refractivity contribution in [3.05, 3.63) is 29.8 Å². The molecule has 3 aromatic heterocycles. The minimum atomic E-state index is 0.0786. The summed E-state index contributed by atoms with van der Waals surface area (Å²) in [4.78, 5) is 20.7. The maximum atomic E-state index is 9.26. The molecule has 0 aliphatic carbocycles. The molecule has 28 heavy (non-hydrogen) atoms. The number of nitriles is 1. The van der Waals surface area contributed by atoms with Gasteiger partial charge >= 0.3 is 0 Å². The number of piperidine rings is 1. The van der Waals surface area contributed by atoms with E-state index in [0.717, 1.165) is 64.4 Å². The smallest absolute Gasteiger partial charge is 0.186 e. The molecule has 3 aromatic rings. The highest BCUT2D eigenvalue weighted by Crippen LogP contribution is 2.35. The number of nitrogens with one attached hydrogen (secondary N) is 1. The summed E-state index contributed by atoms with van der Waals surface area (Å²) in [5.74, 6) is 2.65. The zero-order chi connectivity index (χ0) is 19.7. The van der Waals surface area contributed by atoms with Crippen molar-refractivity contribution in [3.8, 4) is 6.07 Å². The predicted molar refractivity (Wildman–Crippen MR) is 112 cm³/mol. The number of nitrogens with zero attached hydrogens (tertiary/aromatic N) is 6. The highest BCUT2D eigenvalue weighted by Gasteiger charge is 2.23. The first-order chi connectivity index (χ1) is 13.5. The lowest BCUT2D eigenvalue weighted by Gasteiger charge is -2.28. The first-order valence-electron chi connectivity index (χ1n) is 9.56. The van der Waals surface area contributed by atoms with E-state index >= 15 is 0 Å². The monoisotopic (exact) mass is 393 g/mol. The van der Waals surface area contributed by atoms with Gasteiger partial charge in [0.15, 0.2) is 10.9 Å². The van der Waals surface area contributed by atoms with Gasteiger partial charge in [-0.05, 0) is 25.8 Å².